The van der Waals surface area contributed by atoms with E-state index in [0.717, 1.165) is 29.9 Å². The maximum Gasteiger partial charge on any atom is 0.218 e. The number of phenolic OH excluding ortho intramolecular Hbond substituents is 1. The van der Waals surface area contributed by atoms with Crippen molar-refractivity contribution in [2.45, 2.75) is 6.54 Å². The lowest BCUT2D eigenvalue weighted by atomic mass is 10.1. The fourth-order valence-electron chi connectivity index (χ4n) is 2.00. The number of pyridine rings is 1. The zero-order chi connectivity index (χ0) is 12.4. The summed E-state index contributed by atoms with van der Waals surface area (Å²) in [5.74, 6) is 0.924. The molecule has 0 unspecified atom stereocenters. The van der Waals surface area contributed by atoms with Crippen LogP contribution in [0.3, 0.4) is 0 Å². The molecule has 1 aromatic heterocycles. The van der Waals surface area contributed by atoms with Crippen molar-refractivity contribution >= 4 is 0 Å². The lowest BCUT2D eigenvalue weighted by molar-refractivity contribution is 0.314. The van der Waals surface area contributed by atoms with Crippen LogP contribution in [0.2, 0.25) is 0 Å². The Morgan fingerprint density at radius 3 is 3.06 bits per heavy atom. The first-order chi connectivity index (χ1) is 8.83. The molecule has 4 nitrogen and oxygen atoms in total. The van der Waals surface area contributed by atoms with E-state index in [2.05, 4.69) is 10.3 Å². The van der Waals surface area contributed by atoms with Gasteiger partial charge in [0.25, 0.3) is 0 Å². The van der Waals surface area contributed by atoms with E-state index in [1.807, 2.05) is 18.2 Å². The molecule has 18 heavy (non-hydrogen) atoms. The summed E-state index contributed by atoms with van der Waals surface area (Å²) in [5, 5.41) is 12.8. The standard InChI is InChI=1S/C14H14N2O2/c17-12-3-1-2-10(8-12)13-5-4-11-9-15-6-7-18-14(11)16-13/h1-5,8,15,17H,6-7,9H2. The predicted molar refractivity (Wildman–Crippen MR) is 68.5 cm³/mol. The number of hydrogen-bond donors (Lipinski definition) is 2. The molecule has 4 heteroatoms. The fraction of sp³-hybridized carbons (Fsp3) is 0.214. The minimum absolute atomic E-state index is 0.242. The van der Waals surface area contributed by atoms with Crippen LogP contribution in [0.4, 0.5) is 0 Å². The van der Waals surface area contributed by atoms with Crippen LogP contribution in [0.25, 0.3) is 11.3 Å². The molecule has 0 aliphatic carbocycles. The zero-order valence-electron chi connectivity index (χ0n) is 9.89. The van der Waals surface area contributed by atoms with Crippen LogP contribution in [0.15, 0.2) is 36.4 Å². The van der Waals surface area contributed by atoms with Gasteiger partial charge in [-0.1, -0.05) is 18.2 Å². The minimum Gasteiger partial charge on any atom is -0.508 e. The van der Waals surface area contributed by atoms with E-state index in [0.29, 0.717) is 12.5 Å². The normalized spacial score (nSPS) is 14.4. The average molecular weight is 242 g/mol. The molecule has 0 saturated carbocycles. The third kappa shape index (κ3) is 2.15. The highest BCUT2D eigenvalue weighted by Gasteiger charge is 2.11. The second kappa shape index (κ2) is 4.66. The van der Waals surface area contributed by atoms with Gasteiger partial charge in [0.15, 0.2) is 0 Å². The van der Waals surface area contributed by atoms with E-state index in [-0.39, 0.29) is 5.75 Å². The molecule has 0 radical (unpaired) electrons. The maximum absolute atomic E-state index is 9.49. The van der Waals surface area contributed by atoms with Crippen molar-refractivity contribution in [1.29, 1.82) is 0 Å². The van der Waals surface area contributed by atoms with Crippen LogP contribution >= 0.6 is 0 Å². The van der Waals surface area contributed by atoms with E-state index in [1.165, 1.54) is 0 Å². The Hall–Kier alpha value is -2.07. The van der Waals surface area contributed by atoms with E-state index >= 15 is 0 Å². The number of benzene rings is 1. The third-order valence-corrected chi connectivity index (χ3v) is 2.91. The van der Waals surface area contributed by atoms with Gasteiger partial charge >= 0.3 is 0 Å². The first-order valence-corrected chi connectivity index (χ1v) is 5.96. The summed E-state index contributed by atoms with van der Waals surface area (Å²) in [7, 11) is 0. The number of fused-ring (bicyclic) bond motifs is 1. The molecule has 0 bridgehead atoms. The van der Waals surface area contributed by atoms with Gasteiger partial charge in [-0.25, -0.2) is 4.98 Å². The largest absolute Gasteiger partial charge is 0.508 e. The molecule has 2 aromatic rings. The van der Waals surface area contributed by atoms with E-state index < -0.39 is 0 Å². The molecule has 1 aromatic carbocycles. The van der Waals surface area contributed by atoms with Gasteiger partial charge in [-0.15, -0.1) is 0 Å². The Kier molecular flexibility index (Phi) is 2.86. The maximum atomic E-state index is 9.49. The molecule has 1 aliphatic rings. The number of hydrogen-bond acceptors (Lipinski definition) is 4. The van der Waals surface area contributed by atoms with Crippen LogP contribution in [-0.2, 0) is 6.54 Å². The van der Waals surface area contributed by atoms with Crippen LogP contribution in [-0.4, -0.2) is 23.2 Å². The monoisotopic (exact) mass is 242 g/mol. The SMILES string of the molecule is Oc1cccc(-c2ccc3c(n2)OCCNC3)c1. The van der Waals surface area contributed by atoms with Gasteiger partial charge in [0.1, 0.15) is 12.4 Å². The van der Waals surface area contributed by atoms with E-state index in [9.17, 15) is 5.11 Å². The minimum atomic E-state index is 0.242. The van der Waals surface area contributed by atoms with Crippen LogP contribution in [0.5, 0.6) is 11.6 Å². The summed E-state index contributed by atoms with van der Waals surface area (Å²) in [4.78, 5) is 4.51. The molecular formula is C14H14N2O2. The predicted octanol–water partition coefficient (Wildman–Crippen LogP) is 1.94. The van der Waals surface area contributed by atoms with E-state index in [1.54, 1.807) is 18.2 Å². The number of aromatic hydroxyl groups is 1. The molecule has 3 rings (SSSR count). The zero-order valence-corrected chi connectivity index (χ0v) is 9.89. The first-order valence-electron chi connectivity index (χ1n) is 5.96. The Morgan fingerprint density at radius 1 is 1.22 bits per heavy atom. The summed E-state index contributed by atoms with van der Waals surface area (Å²) >= 11 is 0. The smallest absolute Gasteiger partial charge is 0.218 e. The molecule has 0 fully saturated rings. The average Bonchev–Trinajstić information content (AvgIpc) is 2.63. The molecule has 0 saturated heterocycles. The van der Waals surface area contributed by atoms with Crippen molar-refractivity contribution in [3.63, 3.8) is 0 Å². The number of phenols is 1. The van der Waals surface area contributed by atoms with E-state index in [4.69, 9.17) is 4.74 Å². The van der Waals surface area contributed by atoms with Gasteiger partial charge < -0.3 is 15.2 Å². The molecule has 0 spiro atoms. The van der Waals surface area contributed by atoms with Crippen LogP contribution < -0.4 is 10.1 Å². The fourth-order valence-corrected chi connectivity index (χ4v) is 2.00. The molecule has 0 atom stereocenters. The van der Waals surface area contributed by atoms with Gasteiger partial charge in [-0.3, -0.25) is 0 Å². The van der Waals surface area contributed by atoms with Crippen molar-refractivity contribution in [3.8, 4) is 22.9 Å². The number of ether oxygens (including phenoxy) is 1. The molecule has 0 amide bonds. The second-order valence-electron chi connectivity index (χ2n) is 4.24. The molecule has 2 N–H and O–H groups in total. The lowest BCUT2D eigenvalue weighted by Gasteiger charge is -2.08. The molecular weight excluding hydrogens is 228 g/mol. The van der Waals surface area contributed by atoms with Crippen molar-refractivity contribution in [2.24, 2.45) is 0 Å². The van der Waals surface area contributed by atoms with Crippen molar-refractivity contribution < 1.29 is 9.84 Å². The summed E-state index contributed by atoms with van der Waals surface area (Å²) in [6.07, 6.45) is 0. The Balaban J connectivity index is 2.01. The first kappa shape index (κ1) is 11.0. The van der Waals surface area contributed by atoms with Crippen molar-refractivity contribution in [3.05, 3.63) is 42.0 Å². The summed E-state index contributed by atoms with van der Waals surface area (Å²) in [6, 6.07) is 11.0. The third-order valence-electron chi connectivity index (χ3n) is 2.91. The Morgan fingerprint density at radius 2 is 2.17 bits per heavy atom. The van der Waals surface area contributed by atoms with Gasteiger partial charge in [0, 0.05) is 24.2 Å². The number of aromatic nitrogens is 1. The van der Waals surface area contributed by atoms with Gasteiger partial charge in [-0.2, -0.15) is 0 Å². The highest BCUT2D eigenvalue weighted by molar-refractivity contribution is 5.62. The van der Waals surface area contributed by atoms with Crippen LogP contribution in [0, 0.1) is 0 Å². The number of nitrogens with one attached hydrogen (secondary N) is 1. The summed E-state index contributed by atoms with van der Waals surface area (Å²) < 4.78 is 5.60. The van der Waals surface area contributed by atoms with Gasteiger partial charge in [-0.05, 0) is 18.2 Å². The highest BCUT2D eigenvalue weighted by Crippen LogP contribution is 2.26. The molecule has 1 aliphatic heterocycles. The van der Waals surface area contributed by atoms with Crippen molar-refractivity contribution in [1.82, 2.24) is 10.3 Å². The van der Waals surface area contributed by atoms with Crippen LogP contribution in [0.1, 0.15) is 5.56 Å². The lowest BCUT2D eigenvalue weighted by Crippen LogP contribution is -2.16. The van der Waals surface area contributed by atoms with Crippen molar-refractivity contribution in [2.75, 3.05) is 13.2 Å². The summed E-state index contributed by atoms with van der Waals surface area (Å²) in [6.45, 7) is 2.24. The highest BCUT2D eigenvalue weighted by atomic mass is 16.5. The topological polar surface area (TPSA) is 54.4 Å². The Labute approximate surface area is 105 Å². The Bertz CT molecular complexity index is 569. The quantitative estimate of drug-likeness (QED) is 0.802. The van der Waals surface area contributed by atoms with Gasteiger partial charge in [0.05, 0.1) is 5.69 Å². The molecule has 2 heterocycles. The van der Waals surface area contributed by atoms with Gasteiger partial charge in [0.2, 0.25) is 5.88 Å². The second-order valence-corrected chi connectivity index (χ2v) is 4.24. The number of nitrogens with zero attached hydrogens (tertiary/aromatic N) is 1. The summed E-state index contributed by atoms with van der Waals surface area (Å²) in [5.41, 5.74) is 2.77. The number of rotatable bonds is 1. The molecule has 92 valence electrons.